The molecule has 0 bridgehead atoms. The molecule has 2 N–H and O–H groups in total. The van der Waals surface area contributed by atoms with Crippen molar-refractivity contribution < 1.29 is 27.1 Å². The molecule has 0 saturated heterocycles. The van der Waals surface area contributed by atoms with E-state index < -0.39 is 23.5 Å². The normalized spacial score (nSPS) is 11.1. The molecule has 5 nitrogen and oxygen atoms in total. The fourth-order valence-corrected chi connectivity index (χ4v) is 1.89. The minimum absolute atomic E-state index is 0.0591. The molecular formula is C14H10ClF4N3O2. The second-order valence-corrected chi connectivity index (χ2v) is 4.89. The zero-order chi connectivity index (χ0) is 17.9. The van der Waals surface area contributed by atoms with Crippen molar-refractivity contribution in [2.24, 2.45) is 0 Å². The molecule has 0 aliphatic rings. The smallest absolute Gasteiger partial charge is 0.417 e. The van der Waals surface area contributed by atoms with E-state index in [1.165, 1.54) is 13.2 Å². The third kappa shape index (κ3) is 4.05. The Balaban J connectivity index is 2.09. The number of rotatable bonds is 4. The number of carbonyl (C=O) groups excluding carboxylic acids is 1. The van der Waals surface area contributed by atoms with Crippen molar-refractivity contribution in [3.05, 3.63) is 52.4 Å². The molecular weight excluding hydrogens is 354 g/mol. The van der Waals surface area contributed by atoms with Gasteiger partial charge in [-0.3, -0.25) is 15.6 Å². The predicted molar refractivity (Wildman–Crippen MR) is 78.3 cm³/mol. The third-order valence-corrected chi connectivity index (χ3v) is 3.16. The Morgan fingerprint density at radius 3 is 2.58 bits per heavy atom. The molecule has 0 atom stereocenters. The highest BCUT2D eigenvalue weighted by molar-refractivity contribution is 6.33. The van der Waals surface area contributed by atoms with Gasteiger partial charge in [0, 0.05) is 11.8 Å². The molecule has 0 saturated carbocycles. The van der Waals surface area contributed by atoms with Gasteiger partial charge in [0.15, 0.2) is 17.4 Å². The van der Waals surface area contributed by atoms with Crippen LogP contribution in [-0.4, -0.2) is 18.0 Å². The number of pyridine rings is 1. The van der Waals surface area contributed by atoms with Gasteiger partial charge in [-0.15, -0.1) is 0 Å². The standard InChI is InChI=1S/C14H10ClF4N3O2/c1-24-11-4-7(2-3-10(11)16)13(23)22-21-12-9(15)5-8(6-20-12)14(17,18)19/h2-6H,1H3,(H,20,21)(H,22,23). The number of amides is 1. The van der Waals surface area contributed by atoms with E-state index in [0.29, 0.717) is 12.3 Å². The first kappa shape index (κ1) is 17.8. The van der Waals surface area contributed by atoms with Crippen LogP contribution in [0.1, 0.15) is 15.9 Å². The second-order valence-electron chi connectivity index (χ2n) is 4.48. The van der Waals surface area contributed by atoms with Crippen molar-refractivity contribution in [2.75, 3.05) is 12.5 Å². The van der Waals surface area contributed by atoms with Crippen molar-refractivity contribution in [1.82, 2.24) is 10.4 Å². The molecule has 0 unspecified atom stereocenters. The molecule has 1 amide bonds. The first-order chi connectivity index (χ1) is 11.2. The number of halogens is 5. The summed E-state index contributed by atoms with van der Waals surface area (Å²) < 4.78 is 55.6. The van der Waals surface area contributed by atoms with Crippen molar-refractivity contribution in [3.8, 4) is 5.75 Å². The van der Waals surface area contributed by atoms with E-state index in [0.717, 1.165) is 12.1 Å². The molecule has 0 fully saturated rings. The summed E-state index contributed by atoms with van der Waals surface area (Å²) in [6.45, 7) is 0. The molecule has 0 aliphatic heterocycles. The summed E-state index contributed by atoms with van der Waals surface area (Å²) in [6.07, 6.45) is -4.01. The van der Waals surface area contributed by atoms with Crippen molar-refractivity contribution in [1.29, 1.82) is 0 Å². The van der Waals surface area contributed by atoms with Gasteiger partial charge in [0.05, 0.1) is 17.7 Å². The average Bonchev–Trinajstić information content (AvgIpc) is 2.52. The SMILES string of the molecule is COc1cc(C(=O)NNc2ncc(C(F)(F)F)cc2Cl)ccc1F. The highest BCUT2D eigenvalue weighted by atomic mass is 35.5. The molecule has 0 aliphatic carbocycles. The lowest BCUT2D eigenvalue weighted by Crippen LogP contribution is -2.30. The molecule has 0 radical (unpaired) electrons. The van der Waals surface area contributed by atoms with E-state index in [4.69, 9.17) is 16.3 Å². The van der Waals surface area contributed by atoms with Crippen LogP contribution in [0.25, 0.3) is 0 Å². The summed E-state index contributed by atoms with van der Waals surface area (Å²) in [6, 6.07) is 4.08. The van der Waals surface area contributed by atoms with E-state index in [1.807, 2.05) is 0 Å². The van der Waals surface area contributed by atoms with Crippen LogP contribution in [0.3, 0.4) is 0 Å². The Kier molecular flexibility index (Phi) is 5.13. The van der Waals surface area contributed by atoms with Crippen LogP contribution in [0, 0.1) is 5.82 Å². The van der Waals surface area contributed by atoms with Crippen molar-refractivity contribution >= 4 is 23.3 Å². The van der Waals surface area contributed by atoms with Crippen LogP contribution < -0.4 is 15.6 Å². The van der Waals surface area contributed by atoms with Crippen LogP contribution >= 0.6 is 11.6 Å². The van der Waals surface area contributed by atoms with Gasteiger partial charge in [-0.1, -0.05) is 11.6 Å². The van der Waals surface area contributed by atoms with E-state index >= 15 is 0 Å². The summed E-state index contributed by atoms with van der Waals surface area (Å²) in [5, 5.41) is -0.332. The minimum Gasteiger partial charge on any atom is -0.494 e. The minimum atomic E-state index is -4.58. The lowest BCUT2D eigenvalue weighted by molar-refractivity contribution is -0.137. The summed E-state index contributed by atoms with van der Waals surface area (Å²) in [5.41, 5.74) is 3.53. The van der Waals surface area contributed by atoms with E-state index in [2.05, 4.69) is 15.8 Å². The number of nitrogens with zero attached hydrogens (tertiary/aromatic N) is 1. The van der Waals surface area contributed by atoms with Crippen molar-refractivity contribution in [2.45, 2.75) is 6.18 Å². The van der Waals surface area contributed by atoms with Gasteiger partial charge in [-0.2, -0.15) is 13.2 Å². The number of alkyl halides is 3. The summed E-state index contributed by atoms with van der Waals surface area (Å²) in [7, 11) is 1.24. The van der Waals surface area contributed by atoms with Crippen LogP contribution in [-0.2, 0) is 6.18 Å². The Labute approximate surface area is 138 Å². The van der Waals surface area contributed by atoms with Crippen LogP contribution in [0.2, 0.25) is 5.02 Å². The number of carbonyl (C=O) groups is 1. The molecule has 0 spiro atoms. The number of ether oxygens (including phenoxy) is 1. The monoisotopic (exact) mass is 363 g/mol. The second kappa shape index (κ2) is 6.91. The maximum absolute atomic E-state index is 13.3. The highest BCUT2D eigenvalue weighted by Crippen LogP contribution is 2.32. The first-order valence-electron chi connectivity index (χ1n) is 6.35. The number of hydrogen-bond donors (Lipinski definition) is 2. The van der Waals surface area contributed by atoms with E-state index in [9.17, 15) is 22.4 Å². The Morgan fingerprint density at radius 2 is 2.00 bits per heavy atom. The molecule has 1 aromatic heterocycles. The van der Waals surface area contributed by atoms with Gasteiger partial charge in [0.1, 0.15) is 0 Å². The zero-order valence-electron chi connectivity index (χ0n) is 12.0. The summed E-state index contributed by atoms with van der Waals surface area (Å²) >= 11 is 5.69. The Morgan fingerprint density at radius 1 is 1.29 bits per heavy atom. The molecule has 24 heavy (non-hydrogen) atoms. The molecule has 10 heteroatoms. The molecule has 1 heterocycles. The lowest BCUT2D eigenvalue weighted by atomic mass is 10.2. The fourth-order valence-electron chi connectivity index (χ4n) is 1.67. The van der Waals surface area contributed by atoms with E-state index in [-0.39, 0.29) is 22.2 Å². The number of aromatic nitrogens is 1. The topological polar surface area (TPSA) is 63.2 Å². The lowest BCUT2D eigenvalue weighted by Gasteiger charge is -2.12. The number of hydrogen-bond acceptors (Lipinski definition) is 4. The third-order valence-electron chi connectivity index (χ3n) is 2.88. The van der Waals surface area contributed by atoms with Crippen LogP contribution in [0.5, 0.6) is 5.75 Å². The molecule has 128 valence electrons. The average molecular weight is 364 g/mol. The van der Waals surface area contributed by atoms with Gasteiger partial charge in [0.2, 0.25) is 0 Å². The van der Waals surface area contributed by atoms with Crippen LogP contribution in [0.15, 0.2) is 30.5 Å². The molecule has 2 aromatic rings. The maximum Gasteiger partial charge on any atom is 0.417 e. The number of methoxy groups -OCH3 is 1. The van der Waals surface area contributed by atoms with Crippen molar-refractivity contribution in [3.63, 3.8) is 0 Å². The highest BCUT2D eigenvalue weighted by Gasteiger charge is 2.31. The van der Waals surface area contributed by atoms with Gasteiger partial charge >= 0.3 is 6.18 Å². The number of nitrogens with one attached hydrogen (secondary N) is 2. The molecule has 1 aromatic carbocycles. The Bertz CT molecular complexity index is 768. The van der Waals surface area contributed by atoms with E-state index in [1.54, 1.807) is 0 Å². The number of anilines is 1. The van der Waals surface area contributed by atoms with Gasteiger partial charge < -0.3 is 4.74 Å². The number of benzene rings is 1. The summed E-state index contributed by atoms with van der Waals surface area (Å²) in [4.78, 5) is 15.4. The first-order valence-corrected chi connectivity index (χ1v) is 6.73. The molecule has 2 rings (SSSR count). The van der Waals surface area contributed by atoms with Crippen LogP contribution in [0.4, 0.5) is 23.4 Å². The quantitative estimate of drug-likeness (QED) is 0.643. The maximum atomic E-state index is 13.3. The van der Waals surface area contributed by atoms with Gasteiger partial charge in [-0.05, 0) is 24.3 Å². The fraction of sp³-hybridized carbons (Fsp3) is 0.143. The zero-order valence-corrected chi connectivity index (χ0v) is 12.8. The Hall–Kier alpha value is -2.55. The van der Waals surface area contributed by atoms with Gasteiger partial charge in [0.25, 0.3) is 5.91 Å². The largest absolute Gasteiger partial charge is 0.494 e. The number of hydrazine groups is 1. The predicted octanol–water partition coefficient (Wildman–Crippen LogP) is 3.66. The summed E-state index contributed by atoms with van der Waals surface area (Å²) in [5.74, 6) is -1.64. The van der Waals surface area contributed by atoms with Gasteiger partial charge in [-0.25, -0.2) is 9.37 Å².